The van der Waals surface area contributed by atoms with E-state index in [-0.39, 0.29) is 36.1 Å². The van der Waals surface area contributed by atoms with E-state index in [2.05, 4.69) is 15.5 Å². The lowest BCUT2D eigenvalue weighted by Gasteiger charge is -2.23. The summed E-state index contributed by atoms with van der Waals surface area (Å²) in [6, 6.07) is -0.0237. The van der Waals surface area contributed by atoms with Crippen LogP contribution < -0.4 is 5.32 Å². The second-order valence-corrected chi connectivity index (χ2v) is 6.85. The minimum Gasteiger partial charge on any atom is -0.383 e. The average Bonchev–Trinajstić information content (AvgIpc) is 3.05. The maximum Gasteiger partial charge on any atom is 0.231 e. The van der Waals surface area contributed by atoms with Crippen LogP contribution in [0.1, 0.15) is 38.1 Å². The summed E-state index contributed by atoms with van der Waals surface area (Å²) in [5.74, 6) is -0.253. The van der Waals surface area contributed by atoms with Crippen molar-refractivity contribution in [1.29, 1.82) is 0 Å². The molecule has 2 heterocycles. The number of nitrogens with zero attached hydrogens (tertiary/aromatic N) is 3. The largest absolute Gasteiger partial charge is 0.383 e. The molecule has 2 atom stereocenters. The molecule has 1 saturated heterocycles. The maximum atomic E-state index is 12.3. The molecule has 7 nitrogen and oxygen atoms in total. The first kappa shape index (κ1) is 16.8. The van der Waals surface area contributed by atoms with Crippen LogP contribution in [0, 0.1) is 5.92 Å². The van der Waals surface area contributed by atoms with Crippen molar-refractivity contribution >= 4 is 28.3 Å². The molecule has 0 saturated carbocycles. The normalized spacial score (nSPS) is 19.8. The van der Waals surface area contributed by atoms with Gasteiger partial charge in [-0.1, -0.05) is 25.2 Å². The molecule has 1 aliphatic heterocycles. The van der Waals surface area contributed by atoms with Crippen molar-refractivity contribution in [2.75, 3.05) is 25.6 Å². The Bertz CT molecular complexity index is 546. The number of likely N-dealkylation sites (tertiary alicyclic amines) is 1. The third kappa shape index (κ3) is 3.80. The predicted molar refractivity (Wildman–Crippen MR) is 83.8 cm³/mol. The van der Waals surface area contributed by atoms with Crippen LogP contribution in [0.5, 0.6) is 0 Å². The molecule has 0 aliphatic carbocycles. The Morgan fingerprint density at radius 1 is 1.45 bits per heavy atom. The summed E-state index contributed by atoms with van der Waals surface area (Å²) in [4.78, 5) is 26.0. The van der Waals surface area contributed by atoms with Crippen LogP contribution >= 0.6 is 11.3 Å². The zero-order chi connectivity index (χ0) is 16.3. The van der Waals surface area contributed by atoms with Crippen LogP contribution in [0.4, 0.5) is 5.13 Å². The molecule has 2 rings (SSSR count). The maximum absolute atomic E-state index is 12.3. The summed E-state index contributed by atoms with van der Waals surface area (Å²) in [7, 11) is 1.60. The Kier molecular flexibility index (Phi) is 5.47. The Hall–Kier alpha value is -1.54. The zero-order valence-corrected chi connectivity index (χ0v) is 14.1. The molecule has 22 heavy (non-hydrogen) atoms. The highest BCUT2D eigenvalue weighted by Gasteiger charge is 2.36. The predicted octanol–water partition coefficient (Wildman–Crippen LogP) is 1.48. The van der Waals surface area contributed by atoms with E-state index in [0.29, 0.717) is 18.3 Å². The number of anilines is 1. The van der Waals surface area contributed by atoms with Gasteiger partial charge in [-0.05, 0) is 6.92 Å². The first-order valence-electron chi connectivity index (χ1n) is 7.35. The van der Waals surface area contributed by atoms with Crippen LogP contribution in [-0.2, 0) is 14.3 Å². The number of rotatable bonds is 6. The van der Waals surface area contributed by atoms with Gasteiger partial charge in [-0.15, -0.1) is 10.2 Å². The number of hydrogen-bond acceptors (Lipinski definition) is 6. The van der Waals surface area contributed by atoms with Crippen LogP contribution in [-0.4, -0.2) is 53.2 Å². The highest BCUT2D eigenvalue weighted by molar-refractivity contribution is 7.15. The molecule has 0 spiro atoms. The van der Waals surface area contributed by atoms with Gasteiger partial charge in [-0.2, -0.15) is 0 Å². The van der Waals surface area contributed by atoms with Crippen molar-refractivity contribution in [3.63, 3.8) is 0 Å². The molecule has 1 aliphatic rings. The van der Waals surface area contributed by atoms with Gasteiger partial charge in [0, 0.05) is 26.0 Å². The topological polar surface area (TPSA) is 84.4 Å². The Morgan fingerprint density at radius 2 is 2.18 bits per heavy atom. The molecule has 0 unspecified atom stereocenters. The molecule has 2 amide bonds. The molecule has 1 aromatic heterocycles. The SMILES string of the molecule is COC[C@@H](C)N1C[C@@H](C(=O)Nc2nnc(C(C)C)s2)CC1=O. The molecular weight excluding hydrogens is 304 g/mol. The molecule has 8 heteroatoms. The van der Waals surface area contributed by atoms with E-state index in [4.69, 9.17) is 4.74 Å². The van der Waals surface area contributed by atoms with Crippen molar-refractivity contribution in [1.82, 2.24) is 15.1 Å². The van der Waals surface area contributed by atoms with Gasteiger partial charge in [0.05, 0.1) is 18.6 Å². The summed E-state index contributed by atoms with van der Waals surface area (Å²) in [5.41, 5.74) is 0. The lowest BCUT2D eigenvalue weighted by molar-refractivity contribution is -0.130. The number of hydrogen-bond donors (Lipinski definition) is 1. The van der Waals surface area contributed by atoms with E-state index in [0.717, 1.165) is 5.01 Å². The van der Waals surface area contributed by atoms with Crippen molar-refractivity contribution in [2.24, 2.45) is 5.92 Å². The Balaban J connectivity index is 1.94. The summed E-state index contributed by atoms with van der Waals surface area (Å²) < 4.78 is 5.07. The van der Waals surface area contributed by atoms with Gasteiger partial charge in [0.2, 0.25) is 16.9 Å². The van der Waals surface area contributed by atoms with E-state index in [9.17, 15) is 9.59 Å². The fourth-order valence-electron chi connectivity index (χ4n) is 2.39. The summed E-state index contributed by atoms with van der Waals surface area (Å²) in [5, 5.41) is 12.1. The molecule has 0 bridgehead atoms. The van der Waals surface area contributed by atoms with Crippen molar-refractivity contribution in [2.45, 2.75) is 39.2 Å². The fourth-order valence-corrected chi connectivity index (χ4v) is 3.14. The van der Waals surface area contributed by atoms with Crippen LogP contribution in [0.15, 0.2) is 0 Å². The van der Waals surface area contributed by atoms with Gasteiger partial charge in [0.15, 0.2) is 0 Å². The zero-order valence-electron chi connectivity index (χ0n) is 13.3. The van der Waals surface area contributed by atoms with Crippen molar-refractivity contribution in [3.05, 3.63) is 5.01 Å². The Labute approximate surface area is 134 Å². The number of nitrogens with one attached hydrogen (secondary N) is 1. The molecule has 122 valence electrons. The Morgan fingerprint density at radius 3 is 2.77 bits per heavy atom. The monoisotopic (exact) mass is 326 g/mol. The van der Waals surface area contributed by atoms with Gasteiger partial charge in [0.25, 0.3) is 0 Å². The second kappa shape index (κ2) is 7.15. The number of ether oxygens (including phenoxy) is 1. The molecule has 1 N–H and O–H groups in total. The van der Waals surface area contributed by atoms with Crippen LogP contribution in [0.2, 0.25) is 0 Å². The summed E-state index contributed by atoms with van der Waals surface area (Å²) in [6.07, 6.45) is 0.232. The van der Waals surface area contributed by atoms with Crippen LogP contribution in [0.25, 0.3) is 0 Å². The van der Waals surface area contributed by atoms with Gasteiger partial charge in [-0.3, -0.25) is 9.59 Å². The van der Waals surface area contributed by atoms with Crippen molar-refractivity contribution in [3.8, 4) is 0 Å². The first-order valence-corrected chi connectivity index (χ1v) is 8.16. The average molecular weight is 326 g/mol. The van der Waals surface area contributed by atoms with E-state index >= 15 is 0 Å². The van der Waals surface area contributed by atoms with Gasteiger partial charge in [-0.25, -0.2) is 0 Å². The van der Waals surface area contributed by atoms with Gasteiger partial charge in [0.1, 0.15) is 5.01 Å². The third-order valence-corrected chi connectivity index (χ3v) is 4.77. The van der Waals surface area contributed by atoms with E-state index in [1.54, 1.807) is 12.0 Å². The third-order valence-electron chi connectivity index (χ3n) is 3.63. The van der Waals surface area contributed by atoms with E-state index in [1.807, 2.05) is 20.8 Å². The number of carbonyl (C=O) groups is 2. The molecule has 1 fully saturated rings. The van der Waals surface area contributed by atoms with Crippen molar-refractivity contribution < 1.29 is 14.3 Å². The standard InChI is InChI=1S/C14H22N4O3S/c1-8(2)13-16-17-14(22-13)15-12(20)10-5-11(19)18(6-10)9(3)7-21-4/h8-10H,5-7H2,1-4H3,(H,15,17,20)/t9-,10+/m1/s1. The van der Waals surface area contributed by atoms with Crippen LogP contribution in [0.3, 0.4) is 0 Å². The number of methoxy groups -OCH3 is 1. The number of amides is 2. The quantitative estimate of drug-likeness (QED) is 0.856. The highest BCUT2D eigenvalue weighted by atomic mass is 32.1. The molecule has 1 aromatic rings. The van der Waals surface area contributed by atoms with Gasteiger partial charge >= 0.3 is 0 Å². The smallest absolute Gasteiger partial charge is 0.231 e. The second-order valence-electron chi connectivity index (χ2n) is 5.84. The first-order chi connectivity index (χ1) is 10.4. The molecule has 0 aromatic carbocycles. The number of carbonyl (C=O) groups excluding carboxylic acids is 2. The minimum atomic E-state index is -0.349. The minimum absolute atomic E-state index is 0.00941. The lowest BCUT2D eigenvalue weighted by atomic mass is 10.1. The fraction of sp³-hybridized carbons (Fsp3) is 0.714. The van der Waals surface area contributed by atoms with E-state index in [1.165, 1.54) is 11.3 Å². The number of aromatic nitrogens is 2. The summed E-state index contributed by atoms with van der Waals surface area (Å²) >= 11 is 1.37. The van der Waals surface area contributed by atoms with Gasteiger partial charge < -0.3 is 15.0 Å². The van der Waals surface area contributed by atoms with E-state index < -0.39 is 0 Å². The molecule has 0 radical (unpaired) electrons. The molecular formula is C14H22N4O3S. The summed E-state index contributed by atoms with van der Waals surface area (Å²) in [6.45, 7) is 6.86. The lowest BCUT2D eigenvalue weighted by Crippen LogP contribution is -2.38. The highest BCUT2D eigenvalue weighted by Crippen LogP contribution is 2.25.